The molecular weight excluding hydrogens is 248 g/mol. The number of aliphatic hydroxyl groups excluding tert-OH is 1. The van der Waals surface area contributed by atoms with Gasteiger partial charge in [-0.2, -0.15) is 0 Å². The van der Waals surface area contributed by atoms with Gasteiger partial charge in [-0.05, 0) is 31.0 Å². The van der Waals surface area contributed by atoms with Crippen molar-refractivity contribution >= 4 is 0 Å². The Labute approximate surface area is 123 Å². The van der Waals surface area contributed by atoms with Gasteiger partial charge in [0.15, 0.2) is 0 Å². The molecule has 1 aromatic carbocycles. The second-order valence-electron chi connectivity index (χ2n) is 5.77. The van der Waals surface area contributed by atoms with E-state index in [4.69, 9.17) is 0 Å². The Morgan fingerprint density at radius 1 is 1.20 bits per heavy atom. The molecule has 20 heavy (non-hydrogen) atoms. The molecule has 3 heteroatoms. The van der Waals surface area contributed by atoms with E-state index < -0.39 is 0 Å². The molecule has 0 radical (unpaired) electrons. The predicted octanol–water partition coefficient (Wildman–Crippen LogP) is 2.31. The molecule has 1 aromatic rings. The monoisotopic (exact) mass is 276 g/mol. The summed E-state index contributed by atoms with van der Waals surface area (Å²) in [7, 11) is 0. The van der Waals surface area contributed by atoms with Gasteiger partial charge in [0.1, 0.15) is 0 Å². The summed E-state index contributed by atoms with van der Waals surface area (Å²) in [5, 5.41) is 9.81. The van der Waals surface area contributed by atoms with E-state index in [1.54, 1.807) is 0 Å². The normalized spacial score (nSPS) is 22.9. The fourth-order valence-corrected chi connectivity index (χ4v) is 3.18. The Balaban J connectivity index is 2.07. The van der Waals surface area contributed by atoms with Gasteiger partial charge in [-0.3, -0.25) is 9.80 Å². The van der Waals surface area contributed by atoms with Crippen LogP contribution in [-0.2, 0) is 6.42 Å². The number of hydrogen-bond donors (Lipinski definition) is 1. The average Bonchev–Trinajstić information content (AvgIpc) is 2.49. The maximum absolute atomic E-state index is 9.81. The topological polar surface area (TPSA) is 26.7 Å². The molecule has 0 aromatic heterocycles. The molecule has 3 nitrogen and oxygen atoms in total. The molecule has 1 aliphatic heterocycles. The third kappa shape index (κ3) is 3.40. The second kappa shape index (κ2) is 7.21. The molecule has 1 fully saturated rings. The van der Waals surface area contributed by atoms with Crippen molar-refractivity contribution in [3.8, 4) is 0 Å². The van der Waals surface area contributed by atoms with E-state index >= 15 is 0 Å². The molecule has 1 N–H and O–H groups in total. The molecule has 1 heterocycles. The zero-order valence-electron chi connectivity index (χ0n) is 13.0. The second-order valence-corrected chi connectivity index (χ2v) is 5.77. The Morgan fingerprint density at radius 3 is 2.40 bits per heavy atom. The first kappa shape index (κ1) is 15.5. The predicted molar refractivity (Wildman–Crippen MR) is 83.9 cm³/mol. The minimum atomic E-state index is 0.141. The fraction of sp³-hybridized carbons (Fsp3) is 0.647. The lowest BCUT2D eigenvalue weighted by atomic mass is 10.0. The van der Waals surface area contributed by atoms with Crippen LogP contribution in [0.25, 0.3) is 0 Å². The van der Waals surface area contributed by atoms with Crippen LogP contribution in [0.3, 0.4) is 0 Å². The molecule has 2 atom stereocenters. The summed E-state index contributed by atoms with van der Waals surface area (Å²) >= 11 is 0. The highest BCUT2D eigenvalue weighted by atomic mass is 16.3. The molecule has 2 rings (SSSR count). The van der Waals surface area contributed by atoms with Crippen molar-refractivity contribution in [1.82, 2.24) is 9.80 Å². The summed E-state index contributed by atoms with van der Waals surface area (Å²) in [6.45, 7) is 11.2. The molecule has 1 saturated heterocycles. The third-order valence-corrected chi connectivity index (χ3v) is 4.59. The summed E-state index contributed by atoms with van der Waals surface area (Å²) in [6.07, 6.45) is 1.07. The quantitative estimate of drug-likeness (QED) is 0.894. The van der Waals surface area contributed by atoms with E-state index in [9.17, 15) is 5.11 Å². The molecule has 0 bridgehead atoms. The number of hydrogen-bond acceptors (Lipinski definition) is 3. The van der Waals surface area contributed by atoms with E-state index in [1.165, 1.54) is 11.1 Å². The number of rotatable bonds is 5. The van der Waals surface area contributed by atoms with E-state index in [2.05, 4.69) is 54.8 Å². The van der Waals surface area contributed by atoms with Crippen molar-refractivity contribution in [2.45, 2.75) is 39.3 Å². The zero-order chi connectivity index (χ0) is 14.5. The van der Waals surface area contributed by atoms with Crippen molar-refractivity contribution in [2.24, 2.45) is 0 Å². The number of aliphatic hydroxyl groups is 1. The van der Waals surface area contributed by atoms with Crippen molar-refractivity contribution in [3.63, 3.8) is 0 Å². The molecular formula is C17H28N2O. The minimum Gasteiger partial charge on any atom is -0.394 e. The Bertz CT molecular complexity index is 404. The number of likely N-dealkylation sites (N-methyl/N-ethyl adjacent to an activating group) is 1. The summed E-state index contributed by atoms with van der Waals surface area (Å²) in [6, 6.07) is 9.43. The van der Waals surface area contributed by atoms with Gasteiger partial charge < -0.3 is 5.11 Å². The lowest BCUT2D eigenvalue weighted by Crippen LogP contribution is -2.53. The maximum atomic E-state index is 9.81. The number of nitrogens with zero attached hydrogens (tertiary/aromatic N) is 2. The van der Waals surface area contributed by atoms with Crippen LogP contribution in [0.4, 0.5) is 0 Å². The van der Waals surface area contributed by atoms with Gasteiger partial charge in [0.05, 0.1) is 12.6 Å². The Morgan fingerprint density at radius 2 is 1.90 bits per heavy atom. The van der Waals surface area contributed by atoms with Crippen molar-refractivity contribution in [1.29, 1.82) is 0 Å². The molecule has 0 amide bonds. The summed E-state index contributed by atoms with van der Waals surface area (Å²) in [5.74, 6) is 0. The van der Waals surface area contributed by atoms with Crippen LogP contribution in [0.2, 0.25) is 0 Å². The van der Waals surface area contributed by atoms with Crippen LogP contribution in [0.15, 0.2) is 24.3 Å². The average molecular weight is 276 g/mol. The lowest BCUT2D eigenvalue weighted by Gasteiger charge is -2.42. The summed E-state index contributed by atoms with van der Waals surface area (Å²) < 4.78 is 0. The van der Waals surface area contributed by atoms with Gasteiger partial charge in [-0.1, -0.05) is 38.1 Å². The van der Waals surface area contributed by atoms with Crippen LogP contribution < -0.4 is 0 Å². The van der Waals surface area contributed by atoms with Gasteiger partial charge in [0.25, 0.3) is 0 Å². The first-order valence-corrected chi connectivity index (χ1v) is 7.87. The highest BCUT2D eigenvalue weighted by Crippen LogP contribution is 2.24. The van der Waals surface area contributed by atoms with Gasteiger partial charge in [0, 0.05) is 25.7 Å². The lowest BCUT2D eigenvalue weighted by molar-refractivity contribution is 0.0367. The summed E-state index contributed by atoms with van der Waals surface area (Å²) in [5.41, 5.74) is 2.59. The van der Waals surface area contributed by atoms with Gasteiger partial charge in [-0.25, -0.2) is 0 Å². The third-order valence-electron chi connectivity index (χ3n) is 4.59. The van der Waals surface area contributed by atoms with Gasteiger partial charge in [-0.15, -0.1) is 0 Å². The van der Waals surface area contributed by atoms with Crippen molar-refractivity contribution < 1.29 is 5.11 Å². The van der Waals surface area contributed by atoms with E-state index in [0.29, 0.717) is 6.04 Å². The first-order valence-electron chi connectivity index (χ1n) is 7.87. The molecule has 0 saturated carbocycles. The number of aryl methyl sites for hydroxylation is 1. The van der Waals surface area contributed by atoms with Crippen LogP contribution in [-0.4, -0.2) is 53.7 Å². The Hall–Kier alpha value is -0.900. The largest absolute Gasteiger partial charge is 0.394 e. The smallest absolute Gasteiger partial charge is 0.0628 e. The van der Waals surface area contributed by atoms with E-state index in [1.807, 2.05) is 0 Å². The number of benzene rings is 1. The zero-order valence-corrected chi connectivity index (χ0v) is 13.0. The first-order chi connectivity index (χ1) is 9.69. The molecule has 0 spiro atoms. The SMILES string of the molecule is CCc1ccc(C(CO)N2CCN(CC)C(C)C2)cc1. The van der Waals surface area contributed by atoms with Crippen molar-refractivity contribution in [3.05, 3.63) is 35.4 Å². The van der Waals surface area contributed by atoms with Crippen LogP contribution >= 0.6 is 0 Å². The van der Waals surface area contributed by atoms with E-state index in [-0.39, 0.29) is 12.6 Å². The van der Waals surface area contributed by atoms with Crippen LogP contribution in [0, 0.1) is 0 Å². The fourth-order valence-electron chi connectivity index (χ4n) is 3.18. The number of piperazine rings is 1. The maximum Gasteiger partial charge on any atom is 0.0628 e. The molecule has 0 aliphatic carbocycles. The highest BCUT2D eigenvalue weighted by Gasteiger charge is 2.27. The molecule has 1 aliphatic rings. The van der Waals surface area contributed by atoms with E-state index in [0.717, 1.165) is 32.6 Å². The highest BCUT2D eigenvalue weighted by molar-refractivity contribution is 5.25. The van der Waals surface area contributed by atoms with Crippen LogP contribution in [0.1, 0.15) is 37.9 Å². The summed E-state index contributed by atoms with van der Waals surface area (Å²) in [4.78, 5) is 4.93. The minimum absolute atomic E-state index is 0.141. The molecule has 2 unspecified atom stereocenters. The van der Waals surface area contributed by atoms with Crippen molar-refractivity contribution in [2.75, 3.05) is 32.8 Å². The molecule has 112 valence electrons. The van der Waals surface area contributed by atoms with Gasteiger partial charge in [0.2, 0.25) is 0 Å². The standard InChI is InChI=1S/C17H28N2O/c1-4-15-6-8-16(9-7-15)17(13-20)19-11-10-18(5-2)14(3)12-19/h6-9,14,17,20H,4-5,10-13H2,1-3H3. The van der Waals surface area contributed by atoms with Gasteiger partial charge >= 0.3 is 0 Å². The van der Waals surface area contributed by atoms with Crippen LogP contribution in [0.5, 0.6) is 0 Å². The Kier molecular flexibility index (Phi) is 5.58.